The van der Waals surface area contributed by atoms with Gasteiger partial charge in [0.25, 0.3) is 0 Å². The third kappa shape index (κ3) is 5.67. The highest BCUT2D eigenvalue weighted by Gasteiger charge is 2.53. The van der Waals surface area contributed by atoms with Crippen molar-refractivity contribution in [2.45, 2.75) is 75.7 Å². The zero-order chi connectivity index (χ0) is 34.0. The highest BCUT2D eigenvalue weighted by Crippen LogP contribution is 2.57. The lowest BCUT2D eigenvalue weighted by Gasteiger charge is -2.56. The van der Waals surface area contributed by atoms with Crippen LogP contribution < -0.4 is 22.1 Å². The number of benzene rings is 2. The van der Waals surface area contributed by atoms with E-state index in [-0.39, 0.29) is 12.2 Å². The Kier molecular flexibility index (Phi) is 7.22. The maximum Gasteiger partial charge on any atom is 0.126 e. The molecule has 2 spiro atoms. The lowest BCUT2D eigenvalue weighted by molar-refractivity contribution is -0.0871. The van der Waals surface area contributed by atoms with Gasteiger partial charge in [-0.1, -0.05) is 24.3 Å². The molecule has 12 nitrogen and oxygen atoms in total. The van der Waals surface area contributed by atoms with E-state index in [0.717, 1.165) is 107 Å². The molecule has 256 valence electrons. The quantitative estimate of drug-likeness (QED) is 0.106. The van der Waals surface area contributed by atoms with E-state index < -0.39 is 0 Å². The standard InChI is InChI=1S/2C19H21N5O/c2*20-18-6-17(22-12-7-19(8-12)9-13(25)10-19)14-2-1-11(5-16(14)23-18)15-3-4-21-24-15/h2*1-6,12-13,25H,7-10H2,(H,21,24)(H3,20,22,23). The maximum absolute atomic E-state index is 9.55. The van der Waals surface area contributed by atoms with Crippen LogP contribution in [0.2, 0.25) is 0 Å². The van der Waals surface area contributed by atoms with Gasteiger partial charge < -0.3 is 32.3 Å². The van der Waals surface area contributed by atoms with E-state index in [0.29, 0.717) is 34.5 Å². The van der Waals surface area contributed by atoms with E-state index in [1.165, 1.54) is 0 Å². The SMILES string of the molecule is Nc1cc(NC2CC3(CC(O)C3)C2)c2ccc(-c3ccn[nH]3)cc2n1.Nc1cc(NC2CC3(CC(O)C3)C2)c2ccc(-c3ccn[nH]3)cc2n1. The Balaban J connectivity index is 0.000000135. The van der Waals surface area contributed by atoms with Crippen molar-refractivity contribution in [2.24, 2.45) is 10.8 Å². The Morgan fingerprint density at radius 2 is 1.00 bits per heavy atom. The first-order valence-corrected chi connectivity index (χ1v) is 17.5. The van der Waals surface area contributed by atoms with Gasteiger partial charge in [-0.05, 0) is 86.5 Å². The summed E-state index contributed by atoms with van der Waals surface area (Å²) in [5.41, 5.74) is 20.7. The highest BCUT2D eigenvalue weighted by atomic mass is 16.3. The Morgan fingerprint density at radius 1 is 0.580 bits per heavy atom. The third-order valence-electron chi connectivity index (χ3n) is 11.4. The molecule has 0 atom stereocenters. The number of anilines is 4. The van der Waals surface area contributed by atoms with E-state index >= 15 is 0 Å². The molecule has 0 saturated heterocycles. The predicted molar refractivity (Wildman–Crippen MR) is 196 cm³/mol. The van der Waals surface area contributed by atoms with Crippen LogP contribution in [0.1, 0.15) is 51.4 Å². The lowest BCUT2D eigenvalue weighted by Crippen LogP contribution is -2.54. The number of nitrogens with two attached hydrogens (primary N) is 2. The molecule has 2 aromatic carbocycles. The molecule has 4 fully saturated rings. The van der Waals surface area contributed by atoms with Crippen molar-refractivity contribution in [3.63, 3.8) is 0 Å². The summed E-state index contributed by atoms with van der Waals surface area (Å²) in [5, 5.41) is 42.5. The minimum Gasteiger partial charge on any atom is -0.393 e. The summed E-state index contributed by atoms with van der Waals surface area (Å²) in [7, 11) is 0. The molecule has 0 radical (unpaired) electrons. The first-order chi connectivity index (χ1) is 24.2. The highest BCUT2D eigenvalue weighted by molar-refractivity contribution is 5.96. The summed E-state index contributed by atoms with van der Waals surface area (Å²) in [5.74, 6) is 1.04. The van der Waals surface area contributed by atoms with Crippen LogP contribution in [0.25, 0.3) is 44.3 Å². The molecule has 4 aromatic heterocycles. The number of pyridine rings is 2. The monoisotopic (exact) mass is 670 g/mol. The number of aromatic nitrogens is 6. The van der Waals surface area contributed by atoms with Crippen molar-refractivity contribution in [1.29, 1.82) is 0 Å². The molecule has 0 amide bonds. The molecular weight excluding hydrogens is 628 g/mol. The van der Waals surface area contributed by atoms with Gasteiger partial charge in [-0.2, -0.15) is 10.2 Å². The van der Waals surface area contributed by atoms with Crippen LogP contribution in [0.15, 0.2) is 73.1 Å². The van der Waals surface area contributed by atoms with Crippen molar-refractivity contribution in [2.75, 3.05) is 22.1 Å². The molecule has 0 bridgehead atoms. The molecule has 12 heteroatoms. The molecule has 50 heavy (non-hydrogen) atoms. The average molecular weight is 671 g/mol. The molecule has 4 aliphatic carbocycles. The van der Waals surface area contributed by atoms with Crippen molar-refractivity contribution in [3.8, 4) is 22.5 Å². The van der Waals surface area contributed by atoms with Crippen molar-refractivity contribution >= 4 is 44.8 Å². The van der Waals surface area contributed by atoms with Crippen LogP contribution >= 0.6 is 0 Å². The number of nitrogen functional groups attached to an aromatic ring is 2. The van der Waals surface area contributed by atoms with E-state index in [1.807, 2.05) is 36.4 Å². The van der Waals surface area contributed by atoms with Gasteiger partial charge in [0.05, 0.1) is 34.6 Å². The second-order valence-corrected chi connectivity index (χ2v) is 15.2. The average Bonchev–Trinajstić information content (AvgIpc) is 3.77. The van der Waals surface area contributed by atoms with Crippen LogP contribution in [0.5, 0.6) is 0 Å². The predicted octanol–water partition coefficient (Wildman–Crippen LogP) is 5.85. The maximum atomic E-state index is 9.55. The molecule has 6 aromatic rings. The third-order valence-corrected chi connectivity index (χ3v) is 11.4. The van der Waals surface area contributed by atoms with E-state index in [1.54, 1.807) is 12.4 Å². The van der Waals surface area contributed by atoms with Gasteiger partial charge in [0, 0.05) is 69.9 Å². The zero-order valence-corrected chi connectivity index (χ0v) is 27.7. The minimum atomic E-state index is -0.0840. The number of fused-ring (bicyclic) bond motifs is 2. The van der Waals surface area contributed by atoms with Gasteiger partial charge in [-0.3, -0.25) is 10.2 Å². The number of nitrogens with zero attached hydrogens (tertiary/aromatic N) is 4. The molecule has 10 rings (SSSR count). The number of aliphatic hydroxyl groups excluding tert-OH is 2. The van der Waals surface area contributed by atoms with Gasteiger partial charge in [0.15, 0.2) is 0 Å². The Hall–Kier alpha value is -5.20. The number of aliphatic hydroxyl groups is 2. The van der Waals surface area contributed by atoms with Crippen LogP contribution in [-0.2, 0) is 0 Å². The fourth-order valence-corrected chi connectivity index (χ4v) is 9.07. The summed E-state index contributed by atoms with van der Waals surface area (Å²) in [6.07, 6.45) is 11.6. The van der Waals surface area contributed by atoms with Crippen LogP contribution in [0.3, 0.4) is 0 Å². The topological polar surface area (TPSA) is 200 Å². The van der Waals surface area contributed by atoms with Gasteiger partial charge in [-0.25, -0.2) is 9.97 Å². The summed E-state index contributed by atoms with van der Waals surface area (Å²) in [4.78, 5) is 8.99. The molecule has 0 unspecified atom stereocenters. The summed E-state index contributed by atoms with van der Waals surface area (Å²) >= 11 is 0. The van der Waals surface area contributed by atoms with E-state index in [2.05, 4.69) is 65.3 Å². The second kappa shape index (κ2) is 11.7. The Labute approximate surface area is 289 Å². The fourth-order valence-electron chi connectivity index (χ4n) is 9.07. The molecular formula is C38H42N10O2. The lowest BCUT2D eigenvalue weighted by atomic mass is 9.53. The number of nitrogens with one attached hydrogen (secondary N) is 4. The number of H-pyrrole nitrogens is 2. The van der Waals surface area contributed by atoms with Crippen molar-refractivity contribution < 1.29 is 10.2 Å². The second-order valence-electron chi connectivity index (χ2n) is 15.2. The zero-order valence-electron chi connectivity index (χ0n) is 27.7. The first-order valence-electron chi connectivity index (χ1n) is 17.5. The van der Waals surface area contributed by atoms with Crippen molar-refractivity contribution in [1.82, 2.24) is 30.4 Å². The Bertz CT molecular complexity index is 2000. The smallest absolute Gasteiger partial charge is 0.126 e. The van der Waals surface area contributed by atoms with Crippen LogP contribution in [0, 0.1) is 10.8 Å². The first kappa shape index (κ1) is 30.8. The fraction of sp³-hybridized carbons (Fsp3) is 0.368. The van der Waals surface area contributed by atoms with Gasteiger partial charge in [-0.15, -0.1) is 0 Å². The summed E-state index contributed by atoms with van der Waals surface area (Å²) in [6.45, 7) is 0. The molecule has 4 heterocycles. The van der Waals surface area contributed by atoms with Gasteiger partial charge in [0.2, 0.25) is 0 Å². The Morgan fingerprint density at radius 3 is 1.36 bits per heavy atom. The number of hydrogen-bond acceptors (Lipinski definition) is 10. The van der Waals surface area contributed by atoms with Crippen LogP contribution in [0.4, 0.5) is 23.0 Å². The van der Waals surface area contributed by atoms with Crippen molar-refractivity contribution in [3.05, 3.63) is 73.1 Å². The molecule has 0 aliphatic heterocycles. The molecule has 4 aliphatic rings. The number of rotatable bonds is 6. The number of hydrogen-bond donors (Lipinski definition) is 8. The van der Waals surface area contributed by atoms with Gasteiger partial charge >= 0.3 is 0 Å². The molecule has 4 saturated carbocycles. The van der Waals surface area contributed by atoms with Gasteiger partial charge in [0.1, 0.15) is 11.6 Å². The number of aromatic amines is 2. The largest absolute Gasteiger partial charge is 0.393 e. The summed E-state index contributed by atoms with van der Waals surface area (Å²) in [6, 6.07) is 21.0. The molecule has 10 N–H and O–H groups in total. The van der Waals surface area contributed by atoms with Crippen LogP contribution in [-0.4, -0.2) is 64.9 Å². The van der Waals surface area contributed by atoms with E-state index in [4.69, 9.17) is 11.5 Å². The minimum absolute atomic E-state index is 0.0840. The normalized spacial score (nSPS) is 27.9. The summed E-state index contributed by atoms with van der Waals surface area (Å²) < 4.78 is 0. The van der Waals surface area contributed by atoms with E-state index in [9.17, 15) is 10.2 Å².